The fourth-order valence-corrected chi connectivity index (χ4v) is 11.0. The number of aryl methyl sites for hydroxylation is 1. The molecule has 1 aromatic heterocycles. The highest BCUT2D eigenvalue weighted by Gasteiger charge is 2.45. The maximum Gasteiger partial charge on any atom is 0.212 e. The molecule has 0 N–H and O–H groups in total. The first-order valence-electron chi connectivity index (χ1n) is 24.3. The zero-order chi connectivity index (χ0) is 45.7. The second-order valence-electron chi connectivity index (χ2n) is 18.8. The van der Waals surface area contributed by atoms with Gasteiger partial charge in [0.2, 0.25) is 11.4 Å². The predicted octanol–water partition coefficient (Wildman–Crippen LogP) is 14.5. The van der Waals surface area contributed by atoms with Crippen molar-refractivity contribution in [2.45, 2.75) is 71.8 Å². The van der Waals surface area contributed by atoms with E-state index in [4.69, 9.17) is 0 Å². The van der Waals surface area contributed by atoms with Crippen LogP contribution >= 0.6 is 0 Å². The van der Waals surface area contributed by atoms with Gasteiger partial charge < -0.3 is 0 Å². The van der Waals surface area contributed by atoms with Crippen molar-refractivity contribution in [3.8, 4) is 33.5 Å². The van der Waals surface area contributed by atoms with Crippen LogP contribution in [0.2, 0.25) is 0 Å². The molecule has 3 nitrogen and oxygen atoms in total. The summed E-state index contributed by atoms with van der Waals surface area (Å²) in [6, 6.07) is 39.3. The smallest absolute Gasteiger partial charge is 0.212 e. The summed E-state index contributed by atoms with van der Waals surface area (Å²) in [7, 11) is 2.24. The average molecular weight is 865 g/mol. The first-order chi connectivity index (χ1) is 32.2. The second kappa shape index (κ2) is 19.8. The van der Waals surface area contributed by atoms with Crippen molar-refractivity contribution in [2.75, 3.05) is 20.1 Å². The molecular formula is C63H66N3+3. The highest BCUT2D eigenvalue weighted by atomic mass is 15.1. The standard InChI is InChI=1S/C63H66N3/c1-8-44(4)27-30-48(10-3)52-38-53(49-31-28-47(9-2)29-32-49)40-54(39-52)50-33-34-57-58(41-50)60-25-15-17-36-65(60)43-59(57)62(66-37-18-16-26-61(66)55-23-13-11-20-45(55)5)42-51-22-12-14-24-56(51)63-46(6)21-19-35-64(63)7/h8-9,11-16,18-20,23-35,37-41,46,51,59,62H,1-2,10,17,21-22,36,42-43H2,3-7H3/q+3. The second-order valence-corrected chi connectivity index (χ2v) is 18.8. The van der Waals surface area contributed by atoms with E-state index in [9.17, 15) is 0 Å². The lowest BCUT2D eigenvalue weighted by Gasteiger charge is -2.33. The lowest BCUT2D eigenvalue weighted by Crippen LogP contribution is -2.49. The van der Waals surface area contributed by atoms with E-state index in [-0.39, 0.29) is 12.0 Å². The Morgan fingerprint density at radius 3 is 2.38 bits per heavy atom. The van der Waals surface area contributed by atoms with E-state index in [0.29, 0.717) is 11.8 Å². The lowest BCUT2D eigenvalue weighted by molar-refractivity contribution is -0.722. The van der Waals surface area contributed by atoms with Gasteiger partial charge in [-0.15, -0.1) is 0 Å². The normalized spacial score (nSPS) is 19.9. The molecule has 66 heavy (non-hydrogen) atoms. The van der Waals surface area contributed by atoms with Crippen molar-refractivity contribution < 1.29 is 13.7 Å². The Morgan fingerprint density at radius 1 is 0.818 bits per heavy atom. The van der Waals surface area contributed by atoms with Gasteiger partial charge in [0.05, 0.1) is 5.56 Å². The van der Waals surface area contributed by atoms with Crippen LogP contribution in [0.4, 0.5) is 0 Å². The quantitative estimate of drug-likeness (QED) is 0.0824. The van der Waals surface area contributed by atoms with Crippen molar-refractivity contribution in [1.29, 1.82) is 0 Å². The first-order valence-corrected chi connectivity index (χ1v) is 24.3. The van der Waals surface area contributed by atoms with Gasteiger partial charge in [0, 0.05) is 48.1 Å². The molecule has 0 fully saturated rings. The molecule has 4 heterocycles. The van der Waals surface area contributed by atoms with Gasteiger partial charge in [-0.05, 0) is 132 Å². The molecule has 0 spiro atoms. The molecule has 4 aliphatic rings. The van der Waals surface area contributed by atoms with Gasteiger partial charge in [0.15, 0.2) is 30.7 Å². The molecule has 9 rings (SSSR count). The van der Waals surface area contributed by atoms with Gasteiger partial charge >= 0.3 is 0 Å². The summed E-state index contributed by atoms with van der Waals surface area (Å²) in [5.74, 6) is 1.10. The molecule has 0 amide bonds. The summed E-state index contributed by atoms with van der Waals surface area (Å²) in [6.45, 7) is 19.0. The summed E-state index contributed by atoms with van der Waals surface area (Å²) >= 11 is 0. The number of pyridine rings is 1. The number of allylic oxidation sites excluding steroid dienone is 11. The largest absolute Gasteiger partial charge is 0.228 e. The first kappa shape index (κ1) is 44.5. The Labute approximate surface area is 394 Å². The summed E-state index contributed by atoms with van der Waals surface area (Å²) < 4.78 is 7.76. The van der Waals surface area contributed by atoms with Crippen molar-refractivity contribution >= 4 is 23.1 Å². The third-order valence-corrected chi connectivity index (χ3v) is 14.6. The third kappa shape index (κ3) is 9.09. The van der Waals surface area contributed by atoms with E-state index in [1.54, 1.807) is 0 Å². The summed E-state index contributed by atoms with van der Waals surface area (Å²) in [5, 5.41) is 0. The zero-order valence-electron chi connectivity index (χ0n) is 39.8. The number of hydrogen-bond acceptors (Lipinski definition) is 0. The number of benzene rings is 4. The molecule has 3 heteroatoms. The Hall–Kier alpha value is -6.71. The monoisotopic (exact) mass is 865 g/mol. The van der Waals surface area contributed by atoms with Crippen LogP contribution in [0.1, 0.15) is 92.7 Å². The topological polar surface area (TPSA) is 9.90 Å². The van der Waals surface area contributed by atoms with Gasteiger partial charge in [-0.25, -0.2) is 9.15 Å². The minimum Gasteiger partial charge on any atom is -0.228 e. The Kier molecular flexibility index (Phi) is 13.3. The number of fused-ring (bicyclic) bond motifs is 2. The fourth-order valence-electron chi connectivity index (χ4n) is 11.0. The number of nitrogens with zero attached hydrogens (tertiary/aromatic N) is 3. The van der Waals surface area contributed by atoms with Crippen LogP contribution in [0.5, 0.6) is 0 Å². The van der Waals surface area contributed by atoms with E-state index < -0.39 is 0 Å². The van der Waals surface area contributed by atoms with Crippen LogP contribution in [0.3, 0.4) is 0 Å². The summed E-state index contributed by atoms with van der Waals surface area (Å²) in [5.41, 5.74) is 20.7. The van der Waals surface area contributed by atoms with Crippen LogP contribution in [0.15, 0.2) is 195 Å². The average Bonchev–Trinajstić information content (AvgIpc) is 3.36. The molecule has 330 valence electrons. The maximum absolute atomic E-state index is 4.01. The van der Waals surface area contributed by atoms with Crippen LogP contribution < -0.4 is 4.57 Å². The van der Waals surface area contributed by atoms with Crippen LogP contribution in [0, 0.1) is 18.8 Å². The van der Waals surface area contributed by atoms with Gasteiger partial charge in [-0.1, -0.05) is 136 Å². The molecule has 5 aromatic rings. The lowest BCUT2D eigenvalue weighted by atomic mass is 9.74. The molecule has 0 saturated carbocycles. The SMILES string of the molecule is C=CC(C)=CC=C(CC)c1cc(-c2ccc(C=C)cc2)cc(-c2ccc3c(c2)C2=[N+](CCC=C2)CC3C(CC2CC=CC=C2C2=[N+](C)C=CCC2C)[n+]2ccccc2-c2ccccc2C)c1. The van der Waals surface area contributed by atoms with Crippen molar-refractivity contribution in [3.63, 3.8) is 0 Å². The molecule has 0 bridgehead atoms. The Bertz CT molecular complexity index is 2940. The molecule has 3 aliphatic heterocycles. The summed E-state index contributed by atoms with van der Waals surface area (Å²) in [4.78, 5) is 0. The molecule has 0 saturated heterocycles. The highest BCUT2D eigenvalue weighted by molar-refractivity contribution is 6.08. The Balaban J connectivity index is 1.21. The number of hydrogen-bond donors (Lipinski definition) is 0. The number of aromatic nitrogens is 1. The van der Waals surface area contributed by atoms with Gasteiger partial charge in [0.25, 0.3) is 0 Å². The highest BCUT2D eigenvalue weighted by Crippen LogP contribution is 2.43. The maximum atomic E-state index is 4.01. The molecule has 0 radical (unpaired) electrons. The van der Waals surface area contributed by atoms with E-state index in [0.717, 1.165) is 56.3 Å². The van der Waals surface area contributed by atoms with E-state index >= 15 is 0 Å². The van der Waals surface area contributed by atoms with E-state index in [1.807, 2.05) is 12.2 Å². The van der Waals surface area contributed by atoms with E-state index in [1.165, 1.54) is 78.3 Å². The van der Waals surface area contributed by atoms with Crippen LogP contribution in [-0.4, -0.2) is 40.7 Å². The molecule has 1 aliphatic carbocycles. The van der Waals surface area contributed by atoms with Crippen molar-refractivity contribution in [2.24, 2.45) is 11.8 Å². The number of rotatable bonds is 13. The van der Waals surface area contributed by atoms with Crippen LogP contribution in [0.25, 0.3) is 45.2 Å². The predicted molar refractivity (Wildman–Crippen MR) is 280 cm³/mol. The van der Waals surface area contributed by atoms with Crippen LogP contribution in [-0.2, 0) is 0 Å². The van der Waals surface area contributed by atoms with Crippen molar-refractivity contribution in [3.05, 3.63) is 222 Å². The Morgan fingerprint density at radius 2 is 1.61 bits per heavy atom. The zero-order valence-corrected chi connectivity index (χ0v) is 39.8. The minimum absolute atomic E-state index is 0.191. The minimum atomic E-state index is 0.191. The molecule has 4 atom stereocenters. The third-order valence-electron chi connectivity index (χ3n) is 14.6. The fraction of sp³-hybridized carbons (Fsp3) is 0.254. The van der Waals surface area contributed by atoms with Crippen molar-refractivity contribution in [1.82, 2.24) is 0 Å². The van der Waals surface area contributed by atoms with Gasteiger partial charge in [-0.2, -0.15) is 4.57 Å². The van der Waals surface area contributed by atoms with E-state index in [2.05, 4.69) is 226 Å². The van der Waals surface area contributed by atoms with Gasteiger partial charge in [-0.3, -0.25) is 0 Å². The van der Waals surface area contributed by atoms with Gasteiger partial charge in [0.1, 0.15) is 19.5 Å². The molecule has 4 aromatic carbocycles. The molecular weight excluding hydrogens is 799 g/mol. The molecule has 4 unspecified atom stereocenters. The summed E-state index contributed by atoms with van der Waals surface area (Å²) in [6.07, 6.45) is 32.3.